The molecule has 1 aromatic rings. The van der Waals surface area contributed by atoms with Gasteiger partial charge in [0.25, 0.3) is 0 Å². The number of benzene rings is 1. The van der Waals surface area contributed by atoms with Crippen molar-refractivity contribution in [2.45, 2.75) is 55.0 Å². The van der Waals surface area contributed by atoms with Crippen LogP contribution in [0.1, 0.15) is 52.7 Å². The van der Waals surface area contributed by atoms with Crippen LogP contribution < -0.4 is 0 Å². The van der Waals surface area contributed by atoms with Crippen LogP contribution in [0, 0.1) is 6.92 Å². The Morgan fingerprint density at radius 2 is 1.24 bits per heavy atom. The number of hydrogen-bond donors (Lipinski definition) is 0. The highest BCUT2D eigenvalue weighted by molar-refractivity contribution is 5.21. The lowest BCUT2D eigenvalue weighted by Crippen LogP contribution is -2.21. The fourth-order valence-corrected chi connectivity index (χ4v) is 1.40. The second kappa shape index (κ2) is 13.2. The minimum Gasteiger partial charge on any atom is -0.300 e. The summed E-state index contributed by atoms with van der Waals surface area (Å²) in [7, 11) is 0. The molecule has 100 valence electrons. The van der Waals surface area contributed by atoms with E-state index in [1.807, 2.05) is 27.7 Å². The van der Waals surface area contributed by atoms with Gasteiger partial charge < -0.3 is 0 Å². The van der Waals surface area contributed by atoms with Gasteiger partial charge in [-0.3, -0.25) is 4.90 Å². The molecular formula is C16H31N. The number of nitrogens with zero attached hydrogens (tertiary/aromatic N) is 1. The largest absolute Gasteiger partial charge is 0.300 e. The highest BCUT2D eigenvalue weighted by atomic mass is 15.1. The van der Waals surface area contributed by atoms with Gasteiger partial charge in [-0.15, -0.1) is 0 Å². The predicted molar refractivity (Wildman–Crippen MR) is 80.5 cm³/mol. The van der Waals surface area contributed by atoms with Gasteiger partial charge in [0.15, 0.2) is 0 Å². The van der Waals surface area contributed by atoms with Gasteiger partial charge in [-0.25, -0.2) is 0 Å². The zero-order valence-electron chi connectivity index (χ0n) is 12.9. The van der Waals surface area contributed by atoms with Crippen molar-refractivity contribution in [3.05, 3.63) is 35.4 Å². The van der Waals surface area contributed by atoms with Gasteiger partial charge in [0.05, 0.1) is 0 Å². The third kappa shape index (κ3) is 8.93. The lowest BCUT2D eigenvalue weighted by Gasteiger charge is -2.17. The van der Waals surface area contributed by atoms with Crippen LogP contribution in [0.2, 0.25) is 0 Å². The van der Waals surface area contributed by atoms with E-state index in [0.717, 1.165) is 19.6 Å². The summed E-state index contributed by atoms with van der Waals surface area (Å²) in [4.78, 5) is 2.42. The molecule has 0 heterocycles. The van der Waals surface area contributed by atoms with Crippen LogP contribution in [-0.4, -0.2) is 18.0 Å². The molecule has 0 saturated heterocycles. The number of rotatable bonds is 4. The molecule has 0 unspecified atom stereocenters. The van der Waals surface area contributed by atoms with Crippen molar-refractivity contribution in [3.63, 3.8) is 0 Å². The minimum atomic E-state index is 1.08. The number of hydrogen-bond acceptors (Lipinski definition) is 1. The van der Waals surface area contributed by atoms with Gasteiger partial charge in [-0.1, -0.05) is 71.4 Å². The molecule has 0 aliphatic rings. The van der Waals surface area contributed by atoms with Crippen LogP contribution in [0.5, 0.6) is 0 Å². The molecule has 0 aliphatic carbocycles. The van der Waals surface area contributed by atoms with Gasteiger partial charge in [0.2, 0.25) is 0 Å². The molecule has 1 rings (SSSR count). The van der Waals surface area contributed by atoms with Gasteiger partial charge in [-0.2, -0.15) is 0 Å². The topological polar surface area (TPSA) is 3.24 Å². The monoisotopic (exact) mass is 237 g/mol. The minimum absolute atomic E-state index is 1.08. The highest BCUT2D eigenvalue weighted by Crippen LogP contribution is 2.06. The van der Waals surface area contributed by atoms with Gasteiger partial charge in [-0.05, 0) is 25.6 Å². The Bertz CT molecular complexity index is 234. The van der Waals surface area contributed by atoms with Crippen molar-refractivity contribution in [3.8, 4) is 0 Å². The second-order valence-corrected chi connectivity index (χ2v) is 3.45. The fourth-order valence-electron chi connectivity index (χ4n) is 1.40. The molecule has 1 heteroatoms. The van der Waals surface area contributed by atoms with Crippen molar-refractivity contribution < 1.29 is 0 Å². The first-order valence-electron chi connectivity index (χ1n) is 7.04. The molecule has 1 aromatic carbocycles. The molecule has 0 atom stereocenters. The average Bonchev–Trinajstić information content (AvgIpc) is 2.42. The zero-order valence-corrected chi connectivity index (χ0v) is 12.9. The third-order valence-electron chi connectivity index (χ3n) is 2.42. The molecule has 0 N–H and O–H groups in total. The summed E-state index contributed by atoms with van der Waals surface area (Å²) in [6.07, 6.45) is 0. The summed E-state index contributed by atoms with van der Waals surface area (Å²) < 4.78 is 0. The van der Waals surface area contributed by atoms with Crippen molar-refractivity contribution in [1.82, 2.24) is 4.90 Å². The summed E-state index contributed by atoms with van der Waals surface area (Å²) in [5.74, 6) is 0. The Labute approximate surface area is 109 Å². The third-order valence-corrected chi connectivity index (χ3v) is 2.42. The molecule has 0 aliphatic heterocycles. The first-order valence-corrected chi connectivity index (χ1v) is 7.04. The van der Waals surface area contributed by atoms with Crippen molar-refractivity contribution >= 4 is 0 Å². The Morgan fingerprint density at radius 1 is 0.824 bits per heavy atom. The van der Waals surface area contributed by atoms with E-state index in [9.17, 15) is 0 Å². The van der Waals surface area contributed by atoms with Crippen LogP contribution >= 0.6 is 0 Å². The van der Waals surface area contributed by atoms with E-state index >= 15 is 0 Å². The quantitative estimate of drug-likeness (QED) is 0.720. The van der Waals surface area contributed by atoms with Crippen molar-refractivity contribution in [2.24, 2.45) is 0 Å². The van der Waals surface area contributed by atoms with E-state index < -0.39 is 0 Å². The number of aryl methyl sites for hydroxylation is 1. The Balaban J connectivity index is 0. The molecule has 0 amide bonds. The van der Waals surface area contributed by atoms with E-state index in [0.29, 0.717) is 0 Å². The lowest BCUT2D eigenvalue weighted by atomic mass is 10.1. The molecule has 0 aromatic heterocycles. The average molecular weight is 237 g/mol. The molecular weight excluding hydrogens is 206 g/mol. The molecule has 0 spiro atoms. The first kappa shape index (κ1) is 18.5. The predicted octanol–water partition coefficient (Wildman–Crippen LogP) is 4.89. The van der Waals surface area contributed by atoms with Crippen molar-refractivity contribution in [1.29, 1.82) is 0 Å². The van der Waals surface area contributed by atoms with Crippen LogP contribution in [-0.2, 0) is 6.54 Å². The van der Waals surface area contributed by atoms with E-state index in [4.69, 9.17) is 0 Å². The standard InChI is InChI=1S/C12H19N.2C2H6/c1-4-13(5-2)10-12-8-6-11(3)7-9-12;2*1-2/h6-9H,4-5,10H2,1-3H3;2*1-2H3. The van der Waals surface area contributed by atoms with Crippen LogP contribution in [0.25, 0.3) is 0 Å². The zero-order chi connectivity index (χ0) is 13.7. The maximum atomic E-state index is 2.42. The van der Waals surface area contributed by atoms with Gasteiger partial charge >= 0.3 is 0 Å². The van der Waals surface area contributed by atoms with Gasteiger partial charge in [0.1, 0.15) is 0 Å². The van der Waals surface area contributed by atoms with E-state index in [2.05, 4.69) is 49.9 Å². The summed E-state index contributed by atoms with van der Waals surface area (Å²) in [6.45, 7) is 17.9. The van der Waals surface area contributed by atoms with Gasteiger partial charge in [0, 0.05) is 6.54 Å². The smallest absolute Gasteiger partial charge is 0.0233 e. The maximum Gasteiger partial charge on any atom is 0.0233 e. The highest BCUT2D eigenvalue weighted by Gasteiger charge is 1.99. The van der Waals surface area contributed by atoms with Crippen LogP contribution in [0.4, 0.5) is 0 Å². The van der Waals surface area contributed by atoms with E-state index in [-0.39, 0.29) is 0 Å². The van der Waals surface area contributed by atoms with Crippen LogP contribution in [0.15, 0.2) is 24.3 Å². The maximum absolute atomic E-state index is 2.42. The summed E-state index contributed by atoms with van der Waals surface area (Å²) in [5.41, 5.74) is 2.75. The Morgan fingerprint density at radius 3 is 1.59 bits per heavy atom. The fraction of sp³-hybridized carbons (Fsp3) is 0.625. The van der Waals surface area contributed by atoms with Crippen molar-refractivity contribution in [2.75, 3.05) is 13.1 Å². The molecule has 0 fully saturated rings. The molecule has 0 radical (unpaired) electrons. The Kier molecular flexibility index (Phi) is 14.4. The van der Waals surface area contributed by atoms with E-state index in [1.54, 1.807) is 0 Å². The lowest BCUT2D eigenvalue weighted by molar-refractivity contribution is 0.296. The molecule has 17 heavy (non-hydrogen) atoms. The summed E-state index contributed by atoms with van der Waals surface area (Å²) in [5, 5.41) is 0. The van der Waals surface area contributed by atoms with E-state index in [1.165, 1.54) is 11.1 Å². The molecule has 1 nitrogen and oxygen atoms in total. The summed E-state index contributed by atoms with van der Waals surface area (Å²) >= 11 is 0. The SMILES string of the molecule is CC.CC.CCN(CC)Cc1ccc(C)cc1. The Hall–Kier alpha value is -0.820. The van der Waals surface area contributed by atoms with Crippen LogP contribution in [0.3, 0.4) is 0 Å². The molecule has 0 saturated carbocycles. The second-order valence-electron chi connectivity index (χ2n) is 3.45. The first-order chi connectivity index (χ1) is 8.26. The molecule has 0 bridgehead atoms. The summed E-state index contributed by atoms with van der Waals surface area (Å²) in [6, 6.07) is 8.79. The normalized spacial score (nSPS) is 8.94.